The van der Waals surface area contributed by atoms with Gasteiger partial charge in [-0.3, -0.25) is 4.79 Å². The standard InChI is InChI=1S/C25H32O7/c1-15(2)12-21(26)32-25(4,5)14-31-22-19(10-11-20(29-6)23(22)30-7)17-8-9-18(24(27)28)16(3)13-17/h8-11,13,15H,12,14H2,1-7H3,(H,27,28). The molecule has 0 spiro atoms. The smallest absolute Gasteiger partial charge is 0.335 e. The first-order chi connectivity index (χ1) is 15.0. The number of hydrogen-bond acceptors (Lipinski definition) is 6. The zero-order valence-corrected chi connectivity index (χ0v) is 19.8. The maximum atomic E-state index is 12.1. The van der Waals surface area contributed by atoms with E-state index in [-0.39, 0.29) is 24.1 Å². The van der Waals surface area contributed by atoms with Crippen LogP contribution in [-0.2, 0) is 9.53 Å². The SMILES string of the molecule is COc1ccc(-c2ccc(C(=O)O)c(C)c2)c(OCC(C)(C)OC(=O)CC(C)C)c1OC. The van der Waals surface area contributed by atoms with Crippen LogP contribution in [0.2, 0.25) is 0 Å². The molecule has 0 aromatic heterocycles. The van der Waals surface area contributed by atoms with Gasteiger partial charge in [0.1, 0.15) is 12.2 Å². The van der Waals surface area contributed by atoms with E-state index in [1.54, 1.807) is 45.0 Å². The fourth-order valence-electron chi connectivity index (χ4n) is 3.30. The molecule has 2 aromatic rings. The third-order valence-corrected chi connectivity index (χ3v) is 4.80. The van der Waals surface area contributed by atoms with Crippen LogP contribution in [0.1, 0.15) is 50.0 Å². The van der Waals surface area contributed by atoms with E-state index in [0.717, 1.165) is 5.56 Å². The molecule has 0 bridgehead atoms. The van der Waals surface area contributed by atoms with Crippen LogP contribution in [0.5, 0.6) is 17.2 Å². The Bertz CT molecular complexity index is 976. The quantitative estimate of drug-likeness (QED) is 0.508. The Kier molecular flexibility index (Phi) is 8.14. The number of esters is 1. The second-order valence-corrected chi connectivity index (χ2v) is 8.63. The molecule has 0 saturated heterocycles. The van der Waals surface area contributed by atoms with E-state index in [1.165, 1.54) is 14.2 Å². The van der Waals surface area contributed by atoms with Gasteiger partial charge < -0.3 is 24.1 Å². The molecule has 0 unspecified atom stereocenters. The summed E-state index contributed by atoms with van der Waals surface area (Å²) in [5, 5.41) is 9.33. The molecule has 0 aliphatic carbocycles. The molecule has 7 heteroatoms. The first kappa shape index (κ1) is 25.0. The van der Waals surface area contributed by atoms with Gasteiger partial charge in [-0.1, -0.05) is 26.0 Å². The molecule has 0 saturated carbocycles. The summed E-state index contributed by atoms with van der Waals surface area (Å²) in [7, 11) is 3.05. The van der Waals surface area contributed by atoms with Gasteiger partial charge in [0.05, 0.1) is 19.8 Å². The minimum absolute atomic E-state index is 0.0829. The van der Waals surface area contributed by atoms with Crippen molar-refractivity contribution in [2.45, 2.75) is 46.6 Å². The second-order valence-electron chi connectivity index (χ2n) is 8.63. The van der Waals surface area contributed by atoms with Gasteiger partial charge in [0.25, 0.3) is 0 Å². The van der Waals surface area contributed by atoms with Crippen molar-refractivity contribution < 1.29 is 33.6 Å². The van der Waals surface area contributed by atoms with E-state index in [9.17, 15) is 14.7 Å². The first-order valence-corrected chi connectivity index (χ1v) is 10.4. The fraction of sp³-hybridized carbons (Fsp3) is 0.440. The summed E-state index contributed by atoms with van der Waals surface area (Å²) >= 11 is 0. The monoisotopic (exact) mass is 444 g/mol. The maximum Gasteiger partial charge on any atom is 0.335 e. The lowest BCUT2D eigenvalue weighted by Gasteiger charge is -2.27. The third-order valence-electron chi connectivity index (χ3n) is 4.80. The molecular formula is C25H32O7. The number of ether oxygens (including phenoxy) is 4. The molecule has 2 aromatic carbocycles. The molecule has 0 atom stereocenters. The number of aromatic carboxylic acids is 1. The lowest BCUT2D eigenvalue weighted by Crippen LogP contribution is -2.35. The van der Waals surface area contributed by atoms with E-state index in [1.807, 2.05) is 19.9 Å². The van der Waals surface area contributed by atoms with Crippen molar-refractivity contribution in [1.29, 1.82) is 0 Å². The van der Waals surface area contributed by atoms with Crippen LogP contribution in [0, 0.1) is 12.8 Å². The number of carboxylic acids is 1. The van der Waals surface area contributed by atoms with Gasteiger partial charge in [-0.15, -0.1) is 0 Å². The molecule has 0 aliphatic rings. The predicted octanol–water partition coefficient (Wildman–Crippen LogP) is 5.12. The fourth-order valence-corrected chi connectivity index (χ4v) is 3.30. The number of benzene rings is 2. The van der Waals surface area contributed by atoms with E-state index in [4.69, 9.17) is 18.9 Å². The van der Waals surface area contributed by atoms with E-state index in [0.29, 0.717) is 34.8 Å². The molecule has 0 aliphatic heterocycles. The van der Waals surface area contributed by atoms with Crippen molar-refractivity contribution in [2.24, 2.45) is 5.92 Å². The lowest BCUT2D eigenvalue weighted by molar-refractivity contribution is -0.160. The Morgan fingerprint density at radius 2 is 1.72 bits per heavy atom. The van der Waals surface area contributed by atoms with Crippen molar-refractivity contribution in [3.8, 4) is 28.4 Å². The van der Waals surface area contributed by atoms with E-state index in [2.05, 4.69) is 0 Å². The van der Waals surface area contributed by atoms with Crippen molar-refractivity contribution in [1.82, 2.24) is 0 Å². The van der Waals surface area contributed by atoms with Crippen LogP contribution in [0.4, 0.5) is 0 Å². The van der Waals surface area contributed by atoms with Gasteiger partial charge >= 0.3 is 11.9 Å². The number of rotatable bonds is 10. The van der Waals surface area contributed by atoms with Gasteiger partial charge in [-0.25, -0.2) is 4.79 Å². The highest BCUT2D eigenvalue weighted by atomic mass is 16.6. The number of carbonyl (C=O) groups excluding carboxylic acids is 1. The summed E-state index contributed by atoms with van der Waals surface area (Å²) in [6.45, 7) is 9.29. The Balaban J connectivity index is 2.43. The zero-order chi connectivity index (χ0) is 24.1. The van der Waals surface area contributed by atoms with Crippen LogP contribution in [-0.4, -0.2) is 43.5 Å². The molecule has 32 heavy (non-hydrogen) atoms. The summed E-state index contributed by atoms with van der Waals surface area (Å²) < 4.78 is 22.7. The van der Waals surface area contributed by atoms with Crippen LogP contribution in [0.3, 0.4) is 0 Å². The second kappa shape index (κ2) is 10.4. The zero-order valence-electron chi connectivity index (χ0n) is 19.8. The molecule has 2 rings (SSSR count). The van der Waals surface area contributed by atoms with Crippen molar-refractivity contribution >= 4 is 11.9 Å². The van der Waals surface area contributed by atoms with Crippen LogP contribution >= 0.6 is 0 Å². The minimum atomic E-state index is -0.984. The highest BCUT2D eigenvalue weighted by molar-refractivity contribution is 5.90. The molecule has 1 N–H and O–H groups in total. The molecule has 0 heterocycles. The summed E-state index contributed by atoms with van der Waals surface area (Å²) in [5.41, 5.74) is 1.44. The highest BCUT2D eigenvalue weighted by Crippen LogP contribution is 2.45. The van der Waals surface area contributed by atoms with Crippen molar-refractivity contribution in [2.75, 3.05) is 20.8 Å². The van der Waals surface area contributed by atoms with Gasteiger partial charge in [0.15, 0.2) is 11.5 Å². The van der Waals surface area contributed by atoms with Crippen LogP contribution in [0.25, 0.3) is 11.1 Å². The van der Waals surface area contributed by atoms with Crippen molar-refractivity contribution in [3.63, 3.8) is 0 Å². The highest BCUT2D eigenvalue weighted by Gasteiger charge is 2.27. The van der Waals surface area contributed by atoms with E-state index >= 15 is 0 Å². The third kappa shape index (κ3) is 6.15. The Labute approximate surface area is 189 Å². The van der Waals surface area contributed by atoms with Crippen LogP contribution < -0.4 is 14.2 Å². The Morgan fingerprint density at radius 3 is 2.25 bits per heavy atom. The Morgan fingerprint density at radius 1 is 1.03 bits per heavy atom. The normalized spacial score (nSPS) is 11.2. The number of carboxylic acid groups (broad SMARTS) is 1. The van der Waals surface area contributed by atoms with Gasteiger partial charge in [0.2, 0.25) is 5.75 Å². The van der Waals surface area contributed by atoms with Gasteiger partial charge in [0, 0.05) is 12.0 Å². The molecule has 0 radical (unpaired) electrons. The average Bonchev–Trinajstić information content (AvgIpc) is 2.69. The molecule has 7 nitrogen and oxygen atoms in total. The summed E-state index contributed by atoms with van der Waals surface area (Å²) in [6.07, 6.45) is 0.326. The number of carbonyl (C=O) groups is 2. The largest absolute Gasteiger partial charge is 0.493 e. The molecule has 174 valence electrons. The number of aryl methyl sites for hydroxylation is 1. The number of methoxy groups -OCH3 is 2. The number of hydrogen-bond donors (Lipinski definition) is 1. The Hall–Kier alpha value is -3.22. The summed E-state index contributed by atoms with van der Waals surface area (Å²) in [6, 6.07) is 8.65. The first-order valence-electron chi connectivity index (χ1n) is 10.4. The maximum absolute atomic E-state index is 12.1. The van der Waals surface area contributed by atoms with Crippen LogP contribution in [0.15, 0.2) is 30.3 Å². The predicted molar refractivity (Wildman–Crippen MR) is 122 cm³/mol. The summed E-state index contributed by atoms with van der Waals surface area (Å²) in [5.74, 6) is 0.228. The average molecular weight is 445 g/mol. The molecular weight excluding hydrogens is 412 g/mol. The van der Waals surface area contributed by atoms with Gasteiger partial charge in [-0.2, -0.15) is 0 Å². The minimum Gasteiger partial charge on any atom is -0.493 e. The molecule has 0 amide bonds. The van der Waals surface area contributed by atoms with Crippen molar-refractivity contribution in [3.05, 3.63) is 41.5 Å². The molecule has 0 fully saturated rings. The topological polar surface area (TPSA) is 91.3 Å². The van der Waals surface area contributed by atoms with Gasteiger partial charge in [-0.05, 0) is 56.0 Å². The lowest BCUT2D eigenvalue weighted by atomic mass is 9.98. The summed E-state index contributed by atoms with van der Waals surface area (Å²) in [4.78, 5) is 23.5. The van der Waals surface area contributed by atoms with E-state index < -0.39 is 11.6 Å².